The summed E-state index contributed by atoms with van der Waals surface area (Å²) in [6.45, 7) is 18.2. The Balaban J connectivity index is 2.99. The second-order valence-electron chi connectivity index (χ2n) is 7.41. The lowest BCUT2D eigenvalue weighted by Crippen LogP contribution is -2.22. The molecule has 0 amide bonds. The summed E-state index contributed by atoms with van der Waals surface area (Å²) in [5, 5.41) is 3.29. The molecule has 2 nitrogen and oxygen atoms in total. The van der Waals surface area contributed by atoms with Crippen molar-refractivity contribution < 1.29 is 4.74 Å². The SMILES string of the molecule is CCNCCOc1ccc(C(C)(C)C)cc1C(C)(C)C. The predicted octanol–water partition coefficient (Wildman–Crippen LogP) is 4.27. The first kappa shape index (κ1) is 17.0. The number of hydrogen-bond donors (Lipinski definition) is 1. The van der Waals surface area contributed by atoms with Crippen LogP contribution in [0.1, 0.15) is 59.6 Å². The van der Waals surface area contributed by atoms with Crippen LogP contribution in [0.15, 0.2) is 18.2 Å². The van der Waals surface area contributed by atoms with E-state index in [1.165, 1.54) is 11.1 Å². The second kappa shape index (κ2) is 6.62. The normalized spacial score (nSPS) is 12.6. The van der Waals surface area contributed by atoms with Gasteiger partial charge in [0.15, 0.2) is 0 Å². The zero-order chi connectivity index (χ0) is 15.4. The van der Waals surface area contributed by atoms with Crippen LogP contribution in [0.5, 0.6) is 5.75 Å². The van der Waals surface area contributed by atoms with E-state index in [4.69, 9.17) is 4.74 Å². The first-order valence-electron chi connectivity index (χ1n) is 7.65. The van der Waals surface area contributed by atoms with Crippen LogP contribution in [0.25, 0.3) is 0 Å². The summed E-state index contributed by atoms with van der Waals surface area (Å²) in [5.74, 6) is 1.02. The van der Waals surface area contributed by atoms with E-state index in [1.54, 1.807) is 0 Å². The number of rotatable bonds is 5. The Labute approximate surface area is 124 Å². The Morgan fingerprint density at radius 3 is 2.15 bits per heavy atom. The van der Waals surface area contributed by atoms with Gasteiger partial charge in [-0.05, 0) is 34.6 Å². The zero-order valence-electron chi connectivity index (χ0n) is 14.3. The maximum atomic E-state index is 5.97. The van der Waals surface area contributed by atoms with Crippen LogP contribution in [0.2, 0.25) is 0 Å². The fourth-order valence-electron chi connectivity index (χ4n) is 2.12. The van der Waals surface area contributed by atoms with Crippen molar-refractivity contribution >= 4 is 0 Å². The molecule has 0 saturated carbocycles. The van der Waals surface area contributed by atoms with Gasteiger partial charge in [-0.1, -0.05) is 60.6 Å². The molecule has 114 valence electrons. The van der Waals surface area contributed by atoms with Gasteiger partial charge in [0.25, 0.3) is 0 Å². The minimum absolute atomic E-state index is 0.0920. The van der Waals surface area contributed by atoms with E-state index in [2.05, 4.69) is 72.0 Å². The molecule has 2 heteroatoms. The monoisotopic (exact) mass is 277 g/mol. The van der Waals surface area contributed by atoms with Crippen LogP contribution in [-0.4, -0.2) is 19.7 Å². The van der Waals surface area contributed by atoms with Crippen molar-refractivity contribution in [3.05, 3.63) is 29.3 Å². The fraction of sp³-hybridized carbons (Fsp3) is 0.667. The molecule has 0 spiro atoms. The summed E-state index contributed by atoms with van der Waals surface area (Å²) >= 11 is 0. The molecule has 20 heavy (non-hydrogen) atoms. The van der Waals surface area contributed by atoms with Gasteiger partial charge in [-0.2, -0.15) is 0 Å². The Hall–Kier alpha value is -1.02. The zero-order valence-corrected chi connectivity index (χ0v) is 14.3. The molecule has 1 rings (SSSR count). The number of likely N-dealkylation sites (N-methyl/N-ethyl adjacent to an activating group) is 1. The fourth-order valence-corrected chi connectivity index (χ4v) is 2.12. The Bertz CT molecular complexity index is 424. The number of ether oxygens (including phenoxy) is 1. The largest absolute Gasteiger partial charge is 0.492 e. The molecule has 0 saturated heterocycles. The van der Waals surface area contributed by atoms with Gasteiger partial charge < -0.3 is 10.1 Å². The lowest BCUT2D eigenvalue weighted by atomic mass is 9.80. The smallest absolute Gasteiger partial charge is 0.123 e. The molecule has 0 aliphatic rings. The molecule has 0 bridgehead atoms. The van der Waals surface area contributed by atoms with Gasteiger partial charge >= 0.3 is 0 Å². The van der Waals surface area contributed by atoms with Crippen molar-refractivity contribution in [1.82, 2.24) is 5.32 Å². The van der Waals surface area contributed by atoms with Gasteiger partial charge in [-0.3, -0.25) is 0 Å². The highest BCUT2D eigenvalue weighted by Gasteiger charge is 2.22. The van der Waals surface area contributed by atoms with Crippen molar-refractivity contribution in [1.29, 1.82) is 0 Å². The van der Waals surface area contributed by atoms with Crippen LogP contribution >= 0.6 is 0 Å². The third kappa shape index (κ3) is 4.82. The third-order valence-electron chi connectivity index (χ3n) is 3.44. The minimum Gasteiger partial charge on any atom is -0.492 e. The predicted molar refractivity (Wildman–Crippen MR) is 87.9 cm³/mol. The van der Waals surface area contributed by atoms with Gasteiger partial charge in [0.2, 0.25) is 0 Å². The average molecular weight is 277 g/mol. The van der Waals surface area contributed by atoms with Crippen molar-refractivity contribution in [2.24, 2.45) is 0 Å². The van der Waals surface area contributed by atoms with Crippen LogP contribution in [0.3, 0.4) is 0 Å². The molecule has 0 aromatic heterocycles. The maximum absolute atomic E-state index is 5.97. The lowest BCUT2D eigenvalue weighted by Gasteiger charge is -2.27. The molecule has 0 atom stereocenters. The first-order valence-corrected chi connectivity index (χ1v) is 7.65. The molecular weight excluding hydrogens is 246 g/mol. The number of nitrogens with one attached hydrogen (secondary N) is 1. The summed E-state index contributed by atoms with van der Waals surface area (Å²) in [4.78, 5) is 0. The summed E-state index contributed by atoms with van der Waals surface area (Å²) in [7, 11) is 0. The Kier molecular flexibility index (Phi) is 5.64. The molecule has 1 N–H and O–H groups in total. The van der Waals surface area contributed by atoms with E-state index < -0.39 is 0 Å². The van der Waals surface area contributed by atoms with Crippen molar-refractivity contribution in [3.8, 4) is 5.75 Å². The van der Waals surface area contributed by atoms with Gasteiger partial charge in [0.1, 0.15) is 12.4 Å². The Morgan fingerprint density at radius 2 is 1.65 bits per heavy atom. The van der Waals surface area contributed by atoms with E-state index in [9.17, 15) is 0 Å². The molecule has 0 heterocycles. The van der Waals surface area contributed by atoms with E-state index in [0.717, 1.165) is 18.8 Å². The van der Waals surface area contributed by atoms with Gasteiger partial charge in [-0.25, -0.2) is 0 Å². The van der Waals surface area contributed by atoms with Gasteiger partial charge in [0.05, 0.1) is 0 Å². The minimum atomic E-state index is 0.0920. The number of hydrogen-bond acceptors (Lipinski definition) is 2. The lowest BCUT2D eigenvalue weighted by molar-refractivity contribution is 0.306. The third-order valence-corrected chi connectivity index (χ3v) is 3.44. The molecule has 0 aliphatic heterocycles. The van der Waals surface area contributed by atoms with Gasteiger partial charge in [-0.15, -0.1) is 0 Å². The molecule has 1 aromatic rings. The first-order chi connectivity index (χ1) is 9.16. The van der Waals surface area contributed by atoms with Crippen LogP contribution < -0.4 is 10.1 Å². The molecule has 0 radical (unpaired) electrons. The van der Waals surface area contributed by atoms with Crippen LogP contribution in [0.4, 0.5) is 0 Å². The summed E-state index contributed by atoms with van der Waals surface area (Å²) in [5.41, 5.74) is 2.92. The quantitative estimate of drug-likeness (QED) is 0.812. The van der Waals surface area contributed by atoms with Crippen molar-refractivity contribution in [3.63, 3.8) is 0 Å². The highest BCUT2D eigenvalue weighted by Crippen LogP contribution is 2.35. The molecule has 0 unspecified atom stereocenters. The Morgan fingerprint density at radius 1 is 1.00 bits per heavy atom. The molecular formula is C18H31NO. The van der Waals surface area contributed by atoms with Crippen LogP contribution in [-0.2, 0) is 10.8 Å². The summed E-state index contributed by atoms with van der Waals surface area (Å²) < 4.78 is 5.97. The van der Waals surface area contributed by atoms with Crippen molar-refractivity contribution in [2.75, 3.05) is 19.7 Å². The van der Waals surface area contributed by atoms with E-state index in [-0.39, 0.29) is 10.8 Å². The summed E-state index contributed by atoms with van der Waals surface area (Å²) in [6.07, 6.45) is 0. The van der Waals surface area contributed by atoms with Crippen molar-refractivity contribution in [2.45, 2.75) is 59.3 Å². The highest BCUT2D eigenvalue weighted by molar-refractivity contribution is 5.43. The number of benzene rings is 1. The highest BCUT2D eigenvalue weighted by atomic mass is 16.5. The topological polar surface area (TPSA) is 21.3 Å². The van der Waals surface area contributed by atoms with E-state index >= 15 is 0 Å². The van der Waals surface area contributed by atoms with E-state index in [1.807, 2.05) is 0 Å². The summed E-state index contributed by atoms with van der Waals surface area (Å²) in [6, 6.07) is 6.63. The standard InChI is InChI=1S/C18H31NO/c1-8-19-11-12-20-16-10-9-14(17(2,3)4)13-15(16)18(5,6)7/h9-10,13,19H,8,11-12H2,1-7H3. The van der Waals surface area contributed by atoms with Crippen LogP contribution in [0, 0.1) is 0 Å². The van der Waals surface area contributed by atoms with E-state index in [0.29, 0.717) is 6.61 Å². The maximum Gasteiger partial charge on any atom is 0.123 e. The molecule has 1 aromatic carbocycles. The average Bonchev–Trinajstić information content (AvgIpc) is 2.32. The molecule has 0 aliphatic carbocycles. The molecule has 0 fully saturated rings. The van der Waals surface area contributed by atoms with Gasteiger partial charge in [0, 0.05) is 6.54 Å². The second-order valence-corrected chi connectivity index (χ2v) is 7.41.